The van der Waals surface area contributed by atoms with E-state index in [-0.39, 0.29) is 0 Å². The van der Waals surface area contributed by atoms with E-state index in [2.05, 4.69) is 25.8 Å². The van der Waals surface area contributed by atoms with Gasteiger partial charge in [0.2, 0.25) is 5.95 Å². The maximum atomic E-state index is 5.21. The molecule has 0 radical (unpaired) electrons. The molecule has 19 heavy (non-hydrogen) atoms. The number of hydrogen-bond acceptors (Lipinski definition) is 7. The standard InChI is InChI=1S/C12H17N5O2/c1-18-6-3-5-13-11-9-15-17-12(16-11)14-8-10-4-2-7-19-10/h2,4,7,9H,3,5-6,8H2,1H3,(H2,13,14,16,17). The van der Waals surface area contributed by atoms with Crippen LogP contribution in [-0.2, 0) is 11.3 Å². The lowest BCUT2D eigenvalue weighted by molar-refractivity contribution is 0.197. The molecular formula is C12H17N5O2. The van der Waals surface area contributed by atoms with Crippen molar-refractivity contribution in [1.29, 1.82) is 0 Å². The van der Waals surface area contributed by atoms with E-state index in [1.54, 1.807) is 19.6 Å². The summed E-state index contributed by atoms with van der Waals surface area (Å²) in [5, 5.41) is 14.0. The lowest BCUT2D eigenvalue weighted by Crippen LogP contribution is -2.09. The highest BCUT2D eigenvalue weighted by atomic mass is 16.5. The Morgan fingerprint density at radius 3 is 3.11 bits per heavy atom. The van der Waals surface area contributed by atoms with E-state index >= 15 is 0 Å². The molecule has 0 aromatic carbocycles. The Hall–Kier alpha value is -2.15. The zero-order valence-corrected chi connectivity index (χ0v) is 10.8. The first-order valence-electron chi connectivity index (χ1n) is 6.07. The molecule has 2 heterocycles. The van der Waals surface area contributed by atoms with Gasteiger partial charge in [-0.1, -0.05) is 0 Å². The first-order chi connectivity index (χ1) is 9.38. The Morgan fingerprint density at radius 2 is 2.32 bits per heavy atom. The maximum Gasteiger partial charge on any atom is 0.245 e. The first-order valence-corrected chi connectivity index (χ1v) is 6.07. The van der Waals surface area contributed by atoms with Crippen LogP contribution in [0.2, 0.25) is 0 Å². The second kappa shape index (κ2) is 7.32. The number of furan rings is 1. The minimum atomic E-state index is 0.466. The van der Waals surface area contributed by atoms with Gasteiger partial charge in [0, 0.05) is 20.3 Å². The number of rotatable bonds is 8. The number of aromatic nitrogens is 3. The van der Waals surface area contributed by atoms with Crippen molar-refractivity contribution >= 4 is 11.8 Å². The van der Waals surface area contributed by atoms with E-state index in [9.17, 15) is 0 Å². The summed E-state index contributed by atoms with van der Waals surface area (Å²) in [5.41, 5.74) is 0. The molecule has 0 aliphatic heterocycles. The molecule has 0 unspecified atom stereocenters. The highest BCUT2D eigenvalue weighted by Crippen LogP contribution is 2.06. The van der Waals surface area contributed by atoms with Crippen molar-refractivity contribution in [2.45, 2.75) is 13.0 Å². The van der Waals surface area contributed by atoms with E-state index < -0.39 is 0 Å². The fraction of sp³-hybridized carbons (Fsp3) is 0.417. The molecular weight excluding hydrogens is 246 g/mol. The normalized spacial score (nSPS) is 10.4. The minimum Gasteiger partial charge on any atom is -0.467 e. The van der Waals surface area contributed by atoms with E-state index in [1.165, 1.54) is 0 Å². The molecule has 2 aromatic heterocycles. The summed E-state index contributed by atoms with van der Waals surface area (Å²) < 4.78 is 10.2. The van der Waals surface area contributed by atoms with Crippen molar-refractivity contribution in [3.8, 4) is 0 Å². The maximum absolute atomic E-state index is 5.21. The molecule has 0 amide bonds. The van der Waals surface area contributed by atoms with Crippen molar-refractivity contribution in [2.75, 3.05) is 30.9 Å². The zero-order chi connectivity index (χ0) is 13.3. The Labute approximate surface area is 111 Å². The van der Waals surface area contributed by atoms with E-state index in [4.69, 9.17) is 9.15 Å². The molecule has 2 aromatic rings. The number of anilines is 2. The summed E-state index contributed by atoms with van der Waals surface area (Å²) in [6.45, 7) is 2.03. The van der Waals surface area contributed by atoms with Crippen LogP contribution in [-0.4, -0.2) is 35.4 Å². The average molecular weight is 263 g/mol. The largest absolute Gasteiger partial charge is 0.467 e. The monoisotopic (exact) mass is 263 g/mol. The second-order valence-electron chi connectivity index (χ2n) is 3.87. The topological polar surface area (TPSA) is 85.1 Å². The Kier molecular flexibility index (Phi) is 5.12. The van der Waals surface area contributed by atoms with Gasteiger partial charge in [0.1, 0.15) is 5.76 Å². The number of nitrogens with zero attached hydrogens (tertiary/aromatic N) is 3. The summed E-state index contributed by atoms with van der Waals surface area (Å²) >= 11 is 0. The summed E-state index contributed by atoms with van der Waals surface area (Å²) in [7, 11) is 1.68. The van der Waals surface area contributed by atoms with Gasteiger partial charge in [-0.25, -0.2) is 0 Å². The predicted molar refractivity (Wildman–Crippen MR) is 70.8 cm³/mol. The highest BCUT2D eigenvalue weighted by Gasteiger charge is 2.01. The molecule has 0 aliphatic carbocycles. The molecule has 0 atom stereocenters. The van der Waals surface area contributed by atoms with Crippen LogP contribution < -0.4 is 10.6 Å². The lowest BCUT2D eigenvalue weighted by Gasteiger charge is -2.06. The van der Waals surface area contributed by atoms with Crippen LogP contribution in [0.3, 0.4) is 0 Å². The smallest absolute Gasteiger partial charge is 0.245 e. The molecule has 0 fully saturated rings. The van der Waals surface area contributed by atoms with Crippen LogP contribution >= 0.6 is 0 Å². The van der Waals surface area contributed by atoms with Crippen LogP contribution in [0.4, 0.5) is 11.8 Å². The van der Waals surface area contributed by atoms with Gasteiger partial charge < -0.3 is 19.8 Å². The third kappa shape index (κ3) is 4.55. The van der Waals surface area contributed by atoms with Crippen LogP contribution in [0.25, 0.3) is 0 Å². The van der Waals surface area contributed by atoms with Gasteiger partial charge >= 0.3 is 0 Å². The zero-order valence-electron chi connectivity index (χ0n) is 10.8. The SMILES string of the molecule is COCCCNc1cnnc(NCc2ccco2)n1. The number of ether oxygens (including phenoxy) is 1. The molecule has 0 saturated heterocycles. The molecule has 7 nitrogen and oxygen atoms in total. The average Bonchev–Trinajstić information content (AvgIpc) is 2.95. The summed E-state index contributed by atoms with van der Waals surface area (Å²) in [6, 6.07) is 3.72. The van der Waals surface area contributed by atoms with Crippen molar-refractivity contribution in [2.24, 2.45) is 0 Å². The quantitative estimate of drug-likeness (QED) is 0.698. The van der Waals surface area contributed by atoms with Gasteiger partial charge in [-0.3, -0.25) is 0 Å². The van der Waals surface area contributed by atoms with Crippen molar-refractivity contribution in [1.82, 2.24) is 15.2 Å². The molecule has 2 N–H and O–H groups in total. The third-order valence-corrected chi connectivity index (χ3v) is 2.39. The van der Waals surface area contributed by atoms with Crippen LogP contribution in [0.1, 0.15) is 12.2 Å². The number of nitrogens with one attached hydrogen (secondary N) is 2. The molecule has 0 saturated carbocycles. The number of methoxy groups -OCH3 is 1. The molecule has 0 bridgehead atoms. The van der Waals surface area contributed by atoms with Crippen molar-refractivity contribution in [3.05, 3.63) is 30.4 Å². The van der Waals surface area contributed by atoms with Gasteiger partial charge in [-0.05, 0) is 18.6 Å². The van der Waals surface area contributed by atoms with Gasteiger partial charge in [-0.15, -0.1) is 5.10 Å². The lowest BCUT2D eigenvalue weighted by atomic mass is 10.4. The van der Waals surface area contributed by atoms with E-state index in [0.29, 0.717) is 18.3 Å². The summed E-state index contributed by atoms with van der Waals surface area (Å²) in [6.07, 6.45) is 4.13. The molecule has 102 valence electrons. The Bertz CT molecular complexity index is 475. The molecule has 2 rings (SSSR count). The third-order valence-electron chi connectivity index (χ3n) is 2.39. The highest BCUT2D eigenvalue weighted by molar-refractivity contribution is 5.36. The van der Waals surface area contributed by atoms with Crippen LogP contribution in [0, 0.1) is 0 Å². The molecule has 7 heteroatoms. The molecule has 0 aliphatic rings. The predicted octanol–water partition coefficient (Wildman–Crippen LogP) is 1.53. The molecule has 0 spiro atoms. The van der Waals surface area contributed by atoms with E-state index in [0.717, 1.165) is 25.3 Å². The fourth-order valence-electron chi connectivity index (χ4n) is 1.48. The van der Waals surface area contributed by atoms with Crippen LogP contribution in [0.15, 0.2) is 29.0 Å². The second-order valence-corrected chi connectivity index (χ2v) is 3.87. The van der Waals surface area contributed by atoms with Gasteiger partial charge in [-0.2, -0.15) is 10.1 Å². The van der Waals surface area contributed by atoms with E-state index in [1.807, 2.05) is 12.1 Å². The Balaban J connectivity index is 1.81. The van der Waals surface area contributed by atoms with Gasteiger partial charge in [0.25, 0.3) is 0 Å². The van der Waals surface area contributed by atoms with Crippen LogP contribution in [0.5, 0.6) is 0 Å². The van der Waals surface area contributed by atoms with Crippen molar-refractivity contribution < 1.29 is 9.15 Å². The minimum absolute atomic E-state index is 0.466. The summed E-state index contributed by atoms with van der Waals surface area (Å²) in [5.74, 6) is 1.98. The van der Waals surface area contributed by atoms with Gasteiger partial charge in [0.15, 0.2) is 5.82 Å². The fourth-order valence-corrected chi connectivity index (χ4v) is 1.48. The number of hydrogen-bond donors (Lipinski definition) is 2. The van der Waals surface area contributed by atoms with Gasteiger partial charge in [0.05, 0.1) is 19.0 Å². The summed E-state index contributed by atoms with van der Waals surface area (Å²) in [4.78, 5) is 4.29. The first kappa shape index (κ1) is 13.3. The Morgan fingerprint density at radius 1 is 1.37 bits per heavy atom. The van der Waals surface area contributed by atoms with Crippen molar-refractivity contribution in [3.63, 3.8) is 0 Å².